The summed E-state index contributed by atoms with van der Waals surface area (Å²) in [5.41, 5.74) is 11.4. The highest BCUT2D eigenvalue weighted by molar-refractivity contribution is 6.35. The molecule has 1 aliphatic carbocycles. The van der Waals surface area contributed by atoms with Crippen molar-refractivity contribution < 1.29 is 4.74 Å². The molecule has 1 aliphatic heterocycles. The number of aromatic nitrogens is 2. The van der Waals surface area contributed by atoms with Crippen molar-refractivity contribution in [3.05, 3.63) is 76.8 Å². The molecular formula is C31H33ClN8O. The molecule has 0 saturated heterocycles. The van der Waals surface area contributed by atoms with E-state index in [2.05, 4.69) is 75.7 Å². The first-order chi connectivity index (χ1) is 19.8. The lowest BCUT2D eigenvalue weighted by molar-refractivity contribution is 0.260. The maximum Gasteiger partial charge on any atom is 0.221 e. The number of pyridine rings is 2. The van der Waals surface area contributed by atoms with Gasteiger partial charge >= 0.3 is 0 Å². The summed E-state index contributed by atoms with van der Waals surface area (Å²) in [5.74, 6) is 0.576. The Morgan fingerprint density at radius 2 is 2.00 bits per heavy atom. The Bertz CT molecular complexity index is 1700. The minimum absolute atomic E-state index is 0.0123. The van der Waals surface area contributed by atoms with Crippen LogP contribution in [0.5, 0.6) is 5.88 Å². The van der Waals surface area contributed by atoms with E-state index in [9.17, 15) is 5.26 Å². The molecule has 210 valence electrons. The second-order valence-electron chi connectivity index (χ2n) is 11.7. The average Bonchev–Trinajstić information content (AvgIpc) is 3.70. The molecule has 2 aliphatic rings. The topological polar surface area (TPSA) is 110 Å². The molecule has 0 spiro atoms. The van der Waals surface area contributed by atoms with Gasteiger partial charge in [-0.2, -0.15) is 5.26 Å². The smallest absolute Gasteiger partial charge is 0.221 e. The number of ether oxygens (including phenoxy) is 1. The Labute approximate surface area is 244 Å². The van der Waals surface area contributed by atoms with E-state index in [-0.39, 0.29) is 11.5 Å². The van der Waals surface area contributed by atoms with Crippen molar-refractivity contribution in [3.8, 4) is 11.9 Å². The van der Waals surface area contributed by atoms with E-state index in [1.807, 2.05) is 30.3 Å². The number of anilines is 2. The van der Waals surface area contributed by atoms with Crippen LogP contribution in [0.1, 0.15) is 50.8 Å². The summed E-state index contributed by atoms with van der Waals surface area (Å²) in [6.45, 7) is 7.13. The number of halogens is 1. The number of nitriles is 1. The van der Waals surface area contributed by atoms with Crippen molar-refractivity contribution >= 4 is 44.7 Å². The summed E-state index contributed by atoms with van der Waals surface area (Å²) in [5, 5.41) is 22.5. The fourth-order valence-electron chi connectivity index (χ4n) is 5.12. The van der Waals surface area contributed by atoms with Crippen LogP contribution in [0.25, 0.3) is 21.7 Å². The van der Waals surface area contributed by atoms with Gasteiger partial charge in [-0.15, -0.1) is 5.53 Å². The van der Waals surface area contributed by atoms with Gasteiger partial charge in [0, 0.05) is 47.6 Å². The van der Waals surface area contributed by atoms with Crippen LogP contribution in [-0.4, -0.2) is 34.7 Å². The number of rotatable bonds is 8. The summed E-state index contributed by atoms with van der Waals surface area (Å²) in [6.07, 6.45) is 7.79. The molecule has 2 aromatic heterocycles. The van der Waals surface area contributed by atoms with E-state index < -0.39 is 0 Å². The molecule has 6 rings (SSSR count). The van der Waals surface area contributed by atoms with Gasteiger partial charge in [-0.1, -0.05) is 44.5 Å². The molecule has 4 N–H and O–H groups in total. The van der Waals surface area contributed by atoms with E-state index in [0.717, 1.165) is 51.6 Å². The Morgan fingerprint density at radius 1 is 1.17 bits per heavy atom. The summed E-state index contributed by atoms with van der Waals surface area (Å²) < 4.78 is 5.57. The molecule has 0 unspecified atom stereocenters. The number of nitrogens with one attached hydrogen (secondary N) is 4. The molecule has 0 radical (unpaired) electrons. The number of hydrogen-bond acceptors (Lipinski definition) is 9. The molecule has 41 heavy (non-hydrogen) atoms. The zero-order valence-corrected chi connectivity index (χ0v) is 24.3. The normalized spacial score (nSPS) is 15.8. The van der Waals surface area contributed by atoms with Gasteiger partial charge < -0.3 is 20.8 Å². The molecule has 9 nitrogen and oxygen atoms in total. The van der Waals surface area contributed by atoms with Gasteiger partial charge in [0.05, 0.1) is 40.6 Å². The highest BCUT2D eigenvalue weighted by atomic mass is 35.5. The second kappa shape index (κ2) is 10.6. The van der Waals surface area contributed by atoms with E-state index >= 15 is 0 Å². The van der Waals surface area contributed by atoms with E-state index in [1.54, 1.807) is 19.5 Å². The van der Waals surface area contributed by atoms with Crippen LogP contribution in [0.3, 0.4) is 0 Å². The van der Waals surface area contributed by atoms with Crippen LogP contribution >= 0.6 is 11.6 Å². The third kappa shape index (κ3) is 5.41. The molecule has 1 atom stereocenters. The summed E-state index contributed by atoms with van der Waals surface area (Å²) >= 11 is 6.83. The minimum Gasteiger partial charge on any atom is -0.481 e. The van der Waals surface area contributed by atoms with E-state index in [4.69, 9.17) is 16.3 Å². The van der Waals surface area contributed by atoms with Gasteiger partial charge in [-0.3, -0.25) is 9.99 Å². The maximum atomic E-state index is 9.88. The predicted molar refractivity (Wildman–Crippen MR) is 163 cm³/mol. The van der Waals surface area contributed by atoms with Gasteiger partial charge in [-0.05, 0) is 53.5 Å². The first-order valence-corrected chi connectivity index (χ1v) is 14.1. The van der Waals surface area contributed by atoms with E-state index in [1.165, 1.54) is 0 Å². The van der Waals surface area contributed by atoms with Crippen LogP contribution < -0.4 is 26.3 Å². The Morgan fingerprint density at radius 3 is 2.73 bits per heavy atom. The highest BCUT2D eigenvalue weighted by Crippen LogP contribution is 2.39. The van der Waals surface area contributed by atoms with Gasteiger partial charge in [-0.25, -0.2) is 4.98 Å². The zero-order chi connectivity index (χ0) is 28.7. The van der Waals surface area contributed by atoms with Crippen LogP contribution in [0.15, 0.2) is 60.7 Å². The largest absolute Gasteiger partial charge is 0.481 e. The zero-order valence-electron chi connectivity index (χ0n) is 23.5. The third-order valence-corrected chi connectivity index (χ3v) is 7.61. The Kier molecular flexibility index (Phi) is 6.98. The van der Waals surface area contributed by atoms with Crippen molar-refractivity contribution in [2.45, 2.75) is 45.7 Å². The lowest BCUT2D eigenvalue weighted by Gasteiger charge is -2.24. The number of methoxy groups -OCH3 is 1. The standard InChI is InChI=1S/C31H33ClN8O/c1-31(2,3)17-36-27-18(14-33)15-35-28-24(27)12-19(13-25(28)32)37-29(26-16-40(39-38-26)20-8-9-20)22-6-5-7-23-21(22)10-11-34-30(23)41-4/h5-7,10-13,15-16,20,29,37-39H,8-9,17H2,1-4H3,(H,35,36)/t29-/m0/s1. The van der Waals surface area contributed by atoms with E-state index in [0.29, 0.717) is 34.6 Å². The molecule has 3 heterocycles. The SMILES string of the molecule is COc1nccc2c([C@H](Nc3cc(Cl)c4ncc(C#N)c(NCC(C)(C)C)c4c3)C3=CN(C4CC4)NN3)cccc12. The van der Waals surface area contributed by atoms with Gasteiger partial charge in [0.2, 0.25) is 5.88 Å². The first-order valence-electron chi connectivity index (χ1n) is 13.7. The quantitative estimate of drug-likeness (QED) is 0.196. The number of hydrazine groups is 2. The maximum absolute atomic E-state index is 9.88. The van der Waals surface area contributed by atoms with Crippen molar-refractivity contribution in [2.24, 2.45) is 5.41 Å². The number of hydrogen-bond donors (Lipinski definition) is 4. The van der Waals surface area contributed by atoms with Gasteiger partial charge in [0.1, 0.15) is 6.07 Å². The van der Waals surface area contributed by atoms with Crippen LogP contribution in [0, 0.1) is 16.7 Å². The average molecular weight is 569 g/mol. The number of fused-ring (bicyclic) bond motifs is 2. The summed E-state index contributed by atoms with van der Waals surface area (Å²) in [4.78, 5) is 8.93. The monoisotopic (exact) mass is 568 g/mol. The Hall–Kier alpha value is -4.26. The highest BCUT2D eigenvalue weighted by Gasteiger charge is 2.33. The molecule has 1 fully saturated rings. The first kappa shape index (κ1) is 26.9. The fourth-order valence-corrected chi connectivity index (χ4v) is 5.39. The molecule has 10 heteroatoms. The fraction of sp³-hybridized carbons (Fsp3) is 0.323. The van der Waals surface area contributed by atoms with Crippen molar-refractivity contribution in [3.63, 3.8) is 0 Å². The van der Waals surface area contributed by atoms with Crippen LogP contribution in [0.2, 0.25) is 5.02 Å². The van der Waals surface area contributed by atoms with Crippen molar-refractivity contribution in [2.75, 3.05) is 24.3 Å². The molecule has 0 amide bonds. The van der Waals surface area contributed by atoms with Crippen LogP contribution in [0.4, 0.5) is 11.4 Å². The molecular weight excluding hydrogens is 536 g/mol. The Balaban J connectivity index is 1.47. The molecule has 0 bridgehead atoms. The number of nitrogens with zero attached hydrogens (tertiary/aromatic N) is 4. The lowest BCUT2D eigenvalue weighted by atomic mass is 9.96. The summed E-state index contributed by atoms with van der Waals surface area (Å²) in [6, 6.07) is 14.6. The van der Waals surface area contributed by atoms with Crippen molar-refractivity contribution in [1.82, 2.24) is 25.9 Å². The minimum atomic E-state index is -0.270. The third-order valence-electron chi connectivity index (χ3n) is 7.32. The summed E-state index contributed by atoms with van der Waals surface area (Å²) in [7, 11) is 1.63. The van der Waals surface area contributed by atoms with Crippen molar-refractivity contribution in [1.29, 1.82) is 5.26 Å². The molecule has 2 aromatic carbocycles. The molecule has 1 saturated carbocycles. The van der Waals surface area contributed by atoms with Gasteiger partial charge in [0.15, 0.2) is 0 Å². The number of benzene rings is 2. The molecule has 4 aromatic rings. The lowest BCUT2D eigenvalue weighted by Crippen LogP contribution is -2.38. The second-order valence-corrected chi connectivity index (χ2v) is 12.1. The predicted octanol–water partition coefficient (Wildman–Crippen LogP) is 6.26. The van der Waals surface area contributed by atoms with Gasteiger partial charge in [0.25, 0.3) is 0 Å². The van der Waals surface area contributed by atoms with Crippen LogP contribution in [-0.2, 0) is 0 Å².